The summed E-state index contributed by atoms with van der Waals surface area (Å²) in [5.74, 6) is 1.16. The number of halogens is 1. The predicted octanol–water partition coefficient (Wildman–Crippen LogP) is 3.23. The smallest absolute Gasteiger partial charge is 0.251 e. The quantitative estimate of drug-likeness (QED) is 0.589. The Bertz CT molecular complexity index is 849. The number of aromatic amines is 1. The van der Waals surface area contributed by atoms with Crippen LogP contribution in [-0.4, -0.2) is 33.3 Å². The molecule has 2 aromatic carbocycles. The molecule has 0 fully saturated rings. The van der Waals surface area contributed by atoms with E-state index in [9.17, 15) is 4.79 Å². The van der Waals surface area contributed by atoms with Crippen molar-refractivity contribution in [1.82, 2.24) is 15.3 Å². The third-order valence-electron chi connectivity index (χ3n) is 3.39. The Balaban J connectivity index is 1.61. The topological polar surface area (TPSA) is 78.0 Å². The lowest BCUT2D eigenvalue weighted by atomic mass is 10.2. The van der Waals surface area contributed by atoms with Crippen molar-refractivity contribution in [1.29, 1.82) is 0 Å². The summed E-state index contributed by atoms with van der Waals surface area (Å²) in [7, 11) is 0. The Hall–Kier alpha value is -2.02. The van der Waals surface area contributed by atoms with E-state index >= 15 is 0 Å². The molecule has 3 aromatic rings. The van der Waals surface area contributed by atoms with Gasteiger partial charge in [0.2, 0.25) is 0 Å². The van der Waals surface area contributed by atoms with Crippen molar-refractivity contribution >= 4 is 40.3 Å². The zero-order chi connectivity index (χ0) is 16.9. The molecule has 0 unspecified atom stereocenters. The van der Waals surface area contributed by atoms with Crippen LogP contribution in [0.1, 0.15) is 16.2 Å². The SMILES string of the molecule is O=C(NCc1nc2ccc(Cl)cc2[nH]1)c1ccc(SCCO)cc1. The molecule has 3 rings (SSSR count). The highest BCUT2D eigenvalue weighted by Gasteiger charge is 2.08. The number of hydrogen-bond acceptors (Lipinski definition) is 4. The Morgan fingerprint density at radius 2 is 2.04 bits per heavy atom. The van der Waals surface area contributed by atoms with Crippen LogP contribution in [0.2, 0.25) is 5.02 Å². The van der Waals surface area contributed by atoms with Crippen LogP contribution in [0.5, 0.6) is 0 Å². The Morgan fingerprint density at radius 3 is 2.79 bits per heavy atom. The molecule has 0 aliphatic rings. The van der Waals surface area contributed by atoms with Gasteiger partial charge in [-0.1, -0.05) is 11.6 Å². The van der Waals surface area contributed by atoms with E-state index in [4.69, 9.17) is 16.7 Å². The number of carbonyl (C=O) groups excluding carboxylic acids is 1. The number of rotatable bonds is 6. The molecule has 0 bridgehead atoms. The van der Waals surface area contributed by atoms with Crippen molar-refractivity contribution in [3.05, 3.63) is 58.9 Å². The van der Waals surface area contributed by atoms with Gasteiger partial charge in [0, 0.05) is 21.2 Å². The molecular weight excluding hydrogens is 346 g/mol. The largest absolute Gasteiger partial charge is 0.396 e. The van der Waals surface area contributed by atoms with Gasteiger partial charge in [-0.05, 0) is 42.5 Å². The number of hydrogen-bond donors (Lipinski definition) is 3. The number of imidazole rings is 1. The number of aromatic nitrogens is 2. The summed E-state index contributed by atoms with van der Waals surface area (Å²) >= 11 is 7.49. The highest BCUT2D eigenvalue weighted by atomic mass is 35.5. The van der Waals surface area contributed by atoms with Gasteiger partial charge >= 0.3 is 0 Å². The molecular formula is C17H16ClN3O2S. The molecule has 1 heterocycles. The number of aliphatic hydroxyl groups excluding tert-OH is 1. The van der Waals surface area contributed by atoms with Gasteiger partial charge in [0.25, 0.3) is 5.91 Å². The van der Waals surface area contributed by atoms with Gasteiger partial charge in [0.1, 0.15) is 5.82 Å². The van der Waals surface area contributed by atoms with Crippen molar-refractivity contribution in [3.8, 4) is 0 Å². The zero-order valence-electron chi connectivity index (χ0n) is 12.8. The van der Waals surface area contributed by atoms with Gasteiger partial charge in [-0.15, -0.1) is 11.8 Å². The van der Waals surface area contributed by atoms with E-state index in [2.05, 4.69) is 15.3 Å². The molecule has 0 atom stereocenters. The molecule has 1 aromatic heterocycles. The summed E-state index contributed by atoms with van der Waals surface area (Å²) in [4.78, 5) is 20.8. The minimum Gasteiger partial charge on any atom is -0.396 e. The second kappa shape index (κ2) is 7.70. The maximum absolute atomic E-state index is 12.2. The van der Waals surface area contributed by atoms with Crippen molar-refractivity contribution in [2.45, 2.75) is 11.4 Å². The van der Waals surface area contributed by atoms with Crippen molar-refractivity contribution < 1.29 is 9.90 Å². The summed E-state index contributed by atoms with van der Waals surface area (Å²) < 4.78 is 0. The Morgan fingerprint density at radius 1 is 1.25 bits per heavy atom. The summed E-state index contributed by atoms with van der Waals surface area (Å²) in [5.41, 5.74) is 2.24. The van der Waals surface area contributed by atoms with E-state index in [0.717, 1.165) is 15.9 Å². The monoisotopic (exact) mass is 361 g/mol. The molecule has 0 saturated heterocycles. The summed E-state index contributed by atoms with van der Waals surface area (Å²) in [6.45, 7) is 0.446. The van der Waals surface area contributed by atoms with Crippen molar-refractivity contribution in [2.24, 2.45) is 0 Å². The van der Waals surface area contributed by atoms with E-state index in [-0.39, 0.29) is 12.5 Å². The first-order chi connectivity index (χ1) is 11.7. The maximum atomic E-state index is 12.2. The number of H-pyrrole nitrogens is 1. The van der Waals surface area contributed by atoms with Crippen LogP contribution in [-0.2, 0) is 6.54 Å². The van der Waals surface area contributed by atoms with Gasteiger partial charge in [0.05, 0.1) is 24.2 Å². The van der Waals surface area contributed by atoms with Crippen LogP contribution in [0.15, 0.2) is 47.4 Å². The molecule has 1 amide bonds. The second-order valence-electron chi connectivity index (χ2n) is 5.12. The first-order valence-corrected chi connectivity index (χ1v) is 8.78. The Kier molecular flexibility index (Phi) is 5.40. The standard InChI is InChI=1S/C17H16ClN3O2S/c18-12-3-6-14-15(9-12)21-16(20-14)10-19-17(23)11-1-4-13(5-2-11)24-8-7-22/h1-6,9,22H,7-8,10H2,(H,19,23)(H,20,21). The molecule has 0 aliphatic heterocycles. The fraction of sp³-hybridized carbons (Fsp3) is 0.176. The minimum absolute atomic E-state index is 0.135. The fourth-order valence-electron chi connectivity index (χ4n) is 2.25. The lowest BCUT2D eigenvalue weighted by Gasteiger charge is -2.04. The second-order valence-corrected chi connectivity index (χ2v) is 6.73. The number of benzene rings is 2. The summed E-state index contributed by atoms with van der Waals surface area (Å²) in [5, 5.41) is 12.3. The minimum atomic E-state index is -0.160. The number of thioether (sulfide) groups is 1. The number of nitrogens with one attached hydrogen (secondary N) is 2. The van der Waals surface area contributed by atoms with Crippen LogP contribution in [0.25, 0.3) is 11.0 Å². The number of aliphatic hydroxyl groups is 1. The number of fused-ring (bicyclic) bond motifs is 1. The lowest BCUT2D eigenvalue weighted by molar-refractivity contribution is 0.0950. The van der Waals surface area contributed by atoms with Gasteiger partial charge in [-0.2, -0.15) is 0 Å². The number of carbonyl (C=O) groups is 1. The van der Waals surface area contributed by atoms with Crippen molar-refractivity contribution in [2.75, 3.05) is 12.4 Å². The average molecular weight is 362 g/mol. The first-order valence-electron chi connectivity index (χ1n) is 7.42. The maximum Gasteiger partial charge on any atom is 0.251 e. The van der Waals surface area contributed by atoms with Crippen LogP contribution in [0.4, 0.5) is 0 Å². The average Bonchev–Trinajstić information content (AvgIpc) is 3.00. The third kappa shape index (κ3) is 4.08. The molecule has 0 aliphatic carbocycles. The summed E-state index contributed by atoms with van der Waals surface area (Å²) in [6.07, 6.45) is 0. The van der Waals surface area contributed by atoms with Gasteiger partial charge in [-0.25, -0.2) is 4.98 Å². The molecule has 0 spiro atoms. The molecule has 5 nitrogen and oxygen atoms in total. The fourth-order valence-corrected chi connectivity index (χ4v) is 3.08. The zero-order valence-corrected chi connectivity index (χ0v) is 14.3. The predicted molar refractivity (Wildman–Crippen MR) is 96.5 cm³/mol. The van der Waals surface area contributed by atoms with Crippen LogP contribution in [0.3, 0.4) is 0 Å². The van der Waals surface area contributed by atoms with E-state index in [0.29, 0.717) is 28.7 Å². The van der Waals surface area contributed by atoms with Crippen LogP contribution >= 0.6 is 23.4 Å². The molecule has 124 valence electrons. The van der Waals surface area contributed by atoms with E-state index in [1.165, 1.54) is 0 Å². The summed E-state index contributed by atoms with van der Waals surface area (Å²) in [6, 6.07) is 12.7. The van der Waals surface area contributed by atoms with Gasteiger partial charge in [0.15, 0.2) is 0 Å². The van der Waals surface area contributed by atoms with Crippen LogP contribution in [0, 0.1) is 0 Å². The molecule has 0 saturated carbocycles. The van der Waals surface area contributed by atoms with Gasteiger partial charge < -0.3 is 15.4 Å². The normalized spacial score (nSPS) is 10.9. The molecule has 24 heavy (non-hydrogen) atoms. The number of nitrogens with zero attached hydrogens (tertiary/aromatic N) is 1. The van der Waals surface area contributed by atoms with E-state index < -0.39 is 0 Å². The first kappa shape index (κ1) is 16.8. The molecule has 7 heteroatoms. The van der Waals surface area contributed by atoms with Crippen molar-refractivity contribution in [3.63, 3.8) is 0 Å². The highest BCUT2D eigenvalue weighted by molar-refractivity contribution is 7.99. The van der Waals surface area contributed by atoms with E-state index in [1.807, 2.05) is 18.2 Å². The lowest BCUT2D eigenvalue weighted by Crippen LogP contribution is -2.23. The third-order valence-corrected chi connectivity index (χ3v) is 4.61. The molecule has 0 radical (unpaired) electrons. The molecule has 3 N–H and O–H groups in total. The van der Waals surface area contributed by atoms with Crippen LogP contribution < -0.4 is 5.32 Å². The highest BCUT2D eigenvalue weighted by Crippen LogP contribution is 2.18. The number of amides is 1. The van der Waals surface area contributed by atoms with Gasteiger partial charge in [-0.3, -0.25) is 4.79 Å². The Labute approximate surface area is 148 Å². The van der Waals surface area contributed by atoms with E-state index in [1.54, 1.807) is 36.0 Å².